The summed E-state index contributed by atoms with van der Waals surface area (Å²) >= 11 is 1.46. The van der Waals surface area contributed by atoms with Crippen molar-refractivity contribution in [2.45, 2.75) is 45.6 Å². The molecule has 1 aliphatic rings. The van der Waals surface area contributed by atoms with Crippen molar-refractivity contribution in [2.24, 2.45) is 17.1 Å². The Morgan fingerprint density at radius 2 is 1.96 bits per heavy atom. The normalized spacial score (nSPS) is 20.3. The van der Waals surface area contributed by atoms with Crippen LogP contribution in [0, 0.1) is 11.3 Å². The highest BCUT2D eigenvalue weighted by molar-refractivity contribution is 7.99. The van der Waals surface area contributed by atoms with Crippen molar-refractivity contribution in [1.29, 1.82) is 0 Å². The second-order valence-electron chi connectivity index (χ2n) is 6.67. The molecule has 8 heteroatoms. The van der Waals surface area contributed by atoms with Gasteiger partial charge in [-0.25, -0.2) is 4.79 Å². The van der Waals surface area contributed by atoms with Crippen LogP contribution in [0.1, 0.15) is 39.5 Å². The summed E-state index contributed by atoms with van der Waals surface area (Å²) in [5.74, 6) is -1.37. The number of hydrogen-bond donors (Lipinski definition) is 4. The first kappa shape index (κ1) is 20.5. The Labute approximate surface area is 146 Å². The molecule has 0 radical (unpaired) electrons. The summed E-state index contributed by atoms with van der Waals surface area (Å²) in [7, 11) is 0. The zero-order valence-electron chi connectivity index (χ0n) is 14.1. The number of carbonyl (C=O) groups is 3. The predicted molar refractivity (Wildman–Crippen MR) is 92.5 cm³/mol. The van der Waals surface area contributed by atoms with Crippen LogP contribution in [-0.4, -0.2) is 45.6 Å². The van der Waals surface area contributed by atoms with Crippen molar-refractivity contribution in [3.05, 3.63) is 11.8 Å². The first-order valence-electron chi connectivity index (χ1n) is 7.95. The fourth-order valence-electron chi connectivity index (χ4n) is 2.20. The van der Waals surface area contributed by atoms with Crippen molar-refractivity contribution < 1.29 is 24.6 Å². The molecular weight excluding hydrogens is 332 g/mol. The first-order valence-corrected chi connectivity index (χ1v) is 9.11. The highest BCUT2D eigenvalue weighted by atomic mass is 32.2. The maximum Gasteiger partial charge on any atom is 0.352 e. The van der Waals surface area contributed by atoms with Gasteiger partial charge >= 0.3 is 11.9 Å². The van der Waals surface area contributed by atoms with Crippen molar-refractivity contribution in [1.82, 2.24) is 5.32 Å². The van der Waals surface area contributed by atoms with Crippen LogP contribution < -0.4 is 11.1 Å². The molecule has 0 spiro atoms. The molecule has 0 unspecified atom stereocenters. The molecule has 24 heavy (non-hydrogen) atoms. The van der Waals surface area contributed by atoms with E-state index in [9.17, 15) is 14.4 Å². The third-order valence-electron chi connectivity index (χ3n) is 4.02. The monoisotopic (exact) mass is 358 g/mol. The van der Waals surface area contributed by atoms with Crippen molar-refractivity contribution in [3.63, 3.8) is 0 Å². The van der Waals surface area contributed by atoms with E-state index in [0.717, 1.165) is 25.0 Å². The summed E-state index contributed by atoms with van der Waals surface area (Å²) in [6.45, 7) is 3.96. The second kappa shape index (κ2) is 9.08. The fourth-order valence-corrected chi connectivity index (χ4v) is 3.17. The Hall–Kier alpha value is -1.54. The molecule has 1 fully saturated rings. The molecule has 0 saturated heterocycles. The van der Waals surface area contributed by atoms with Gasteiger partial charge in [0, 0.05) is 11.7 Å². The van der Waals surface area contributed by atoms with E-state index >= 15 is 0 Å². The Kier molecular flexibility index (Phi) is 7.75. The molecule has 136 valence electrons. The second-order valence-corrected chi connectivity index (χ2v) is 7.82. The quantitative estimate of drug-likeness (QED) is 0.325. The number of thioether (sulfide) groups is 1. The van der Waals surface area contributed by atoms with Gasteiger partial charge < -0.3 is 21.3 Å². The third kappa shape index (κ3) is 6.92. The maximum atomic E-state index is 12.0. The Balaban J connectivity index is 2.25. The minimum atomic E-state index is -1.14. The van der Waals surface area contributed by atoms with Gasteiger partial charge in [-0.1, -0.05) is 19.9 Å². The van der Waals surface area contributed by atoms with Crippen LogP contribution in [-0.2, 0) is 14.4 Å². The molecule has 0 aromatic carbocycles. The number of carboxylic acids is 2. The Morgan fingerprint density at radius 3 is 2.46 bits per heavy atom. The van der Waals surface area contributed by atoms with E-state index in [0.29, 0.717) is 12.2 Å². The summed E-state index contributed by atoms with van der Waals surface area (Å²) in [4.78, 5) is 33.7. The zero-order valence-corrected chi connectivity index (χ0v) is 14.9. The van der Waals surface area contributed by atoms with Gasteiger partial charge in [0.25, 0.3) is 0 Å². The molecule has 0 aromatic rings. The molecule has 0 bridgehead atoms. The summed E-state index contributed by atoms with van der Waals surface area (Å²) in [5.41, 5.74) is 5.28. The number of carboxylic acid groups (broad SMARTS) is 2. The number of rotatable bonds is 11. The van der Waals surface area contributed by atoms with Gasteiger partial charge in [-0.3, -0.25) is 9.59 Å². The number of nitrogens with one attached hydrogen (secondary N) is 1. The Morgan fingerprint density at radius 1 is 1.33 bits per heavy atom. The number of aliphatic carboxylic acids is 2. The van der Waals surface area contributed by atoms with Crippen LogP contribution >= 0.6 is 11.8 Å². The van der Waals surface area contributed by atoms with Crippen LogP contribution in [0.5, 0.6) is 0 Å². The zero-order chi connectivity index (χ0) is 18.3. The van der Waals surface area contributed by atoms with Gasteiger partial charge in [-0.05, 0) is 36.9 Å². The fraction of sp³-hybridized carbons (Fsp3) is 0.688. The number of carbonyl (C=O) groups excluding carboxylic acids is 1. The van der Waals surface area contributed by atoms with Crippen LogP contribution in [0.15, 0.2) is 11.8 Å². The van der Waals surface area contributed by atoms with Crippen molar-refractivity contribution >= 4 is 29.6 Å². The number of allylic oxidation sites excluding steroid dienone is 1. The summed E-state index contributed by atoms with van der Waals surface area (Å²) < 4.78 is 0. The van der Waals surface area contributed by atoms with E-state index < -0.39 is 18.0 Å². The summed E-state index contributed by atoms with van der Waals surface area (Å²) in [6, 6.07) is -0.851. The first-order chi connectivity index (χ1) is 11.1. The molecular formula is C16H26N2O5S. The average molecular weight is 358 g/mol. The van der Waals surface area contributed by atoms with Crippen molar-refractivity contribution in [2.75, 3.05) is 11.5 Å². The molecule has 7 nitrogen and oxygen atoms in total. The molecule has 2 atom stereocenters. The highest BCUT2D eigenvalue weighted by Gasteiger charge is 2.50. The molecule has 1 amide bonds. The molecule has 0 aromatic heterocycles. The van der Waals surface area contributed by atoms with E-state index in [1.54, 1.807) is 0 Å². The molecule has 1 aliphatic carbocycles. The van der Waals surface area contributed by atoms with E-state index in [2.05, 4.69) is 5.32 Å². The van der Waals surface area contributed by atoms with Gasteiger partial charge in [-0.15, -0.1) is 0 Å². The van der Waals surface area contributed by atoms with Gasteiger partial charge in [0.1, 0.15) is 11.7 Å². The number of hydrogen-bond acceptors (Lipinski definition) is 5. The van der Waals surface area contributed by atoms with Gasteiger partial charge in [0.15, 0.2) is 0 Å². The molecule has 1 saturated carbocycles. The largest absolute Gasteiger partial charge is 0.480 e. The lowest BCUT2D eigenvalue weighted by Gasteiger charge is -2.08. The minimum Gasteiger partial charge on any atom is -0.480 e. The number of unbranched alkanes of at least 4 members (excludes halogenated alkanes) is 2. The topological polar surface area (TPSA) is 130 Å². The third-order valence-corrected chi connectivity index (χ3v) is 5.20. The van der Waals surface area contributed by atoms with E-state index in [-0.39, 0.29) is 22.9 Å². The lowest BCUT2D eigenvalue weighted by atomic mass is 10.1. The van der Waals surface area contributed by atoms with Crippen LogP contribution in [0.2, 0.25) is 0 Å². The average Bonchev–Trinajstić information content (AvgIpc) is 3.13. The molecule has 5 N–H and O–H groups in total. The highest BCUT2D eigenvalue weighted by Crippen LogP contribution is 2.51. The van der Waals surface area contributed by atoms with E-state index in [4.69, 9.17) is 15.9 Å². The van der Waals surface area contributed by atoms with Crippen LogP contribution in [0.3, 0.4) is 0 Å². The number of nitrogens with two attached hydrogens (primary N) is 1. The lowest BCUT2D eigenvalue weighted by molar-refractivity contribution is -0.138. The summed E-state index contributed by atoms with van der Waals surface area (Å²) in [5, 5.41) is 20.3. The smallest absolute Gasteiger partial charge is 0.352 e. The lowest BCUT2D eigenvalue weighted by Crippen LogP contribution is -2.32. The van der Waals surface area contributed by atoms with E-state index in [1.807, 2.05) is 13.8 Å². The molecule has 0 heterocycles. The molecule has 0 aliphatic heterocycles. The van der Waals surface area contributed by atoms with Crippen LogP contribution in [0.4, 0.5) is 0 Å². The standard InChI is InChI=1S/C16H26N2O5S/c1-16(2)8-10(16)13(19)18-12(15(22)23)6-4-3-5-7-24-9-11(17)14(20)21/h6,10-11H,3-5,7-9,17H2,1-2H3,(H,18,19)(H,20,21)(H,22,23)/b12-6+/t10-,11+/m0/s1. The minimum absolute atomic E-state index is 0.0400. The summed E-state index contributed by atoms with van der Waals surface area (Å²) in [6.07, 6.45) is 4.44. The van der Waals surface area contributed by atoms with Crippen LogP contribution in [0.25, 0.3) is 0 Å². The number of amides is 1. The predicted octanol–water partition coefficient (Wildman–Crippen LogP) is 1.43. The van der Waals surface area contributed by atoms with Gasteiger partial charge in [0.2, 0.25) is 5.91 Å². The van der Waals surface area contributed by atoms with Gasteiger partial charge in [0.05, 0.1) is 0 Å². The van der Waals surface area contributed by atoms with Gasteiger partial charge in [-0.2, -0.15) is 11.8 Å². The van der Waals surface area contributed by atoms with E-state index in [1.165, 1.54) is 17.8 Å². The Bertz CT molecular complexity index is 519. The molecule has 1 rings (SSSR count). The SMILES string of the molecule is CC1(C)C[C@H]1C(=O)N/C(=C/CCCCSC[C@@H](N)C(=O)O)C(=O)O. The van der Waals surface area contributed by atoms with Crippen molar-refractivity contribution in [3.8, 4) is 0 Å². The maximum absolute atomic E-state index is 12.0.